The van der Waals surface area contributed by atoms with Crippen molar-refractivity contribution in [3.8, 4) is 0 Å². The molecule has 714 valence electrons. The number of ether oxygens (including phenoxy) is 9. The van der Waals surface area contributed by atoms with Crippen LogP contribution in [0.1, 0.15) is 228 Å². The molecule has 16 rings (SSSR count). The number of sulfone groups is 2. The highest BCUT2D eigenvalue weighted by Crippen LogP contribution is 2.39. The Morgan fingerprint density at radius 1 is 0.484 bits per heavy atom. The third-order valence-corrected chi connectivity index (χ3v) is 34.3. The van der Waals surface area contributed by atoms with Crippen molar-refractivity contribution in [2.45, 2.75) is 270 Å². The molecule has 128 heavy (non-hydrogen) atoms. The number of thiazole rings is 2. The van der Waals surface area contributed by atoms with Crippen molar-refractivity contribution in [2.75, 3.05) is 107 Å². The molecule has 0 bridgehead atoms. The maximum Gasteiger partial charge on any atom is 0.330 e. The lowest BCUT2D eigenvalue weighted by molar-refractivity contribution is -0.146. The van der Waals surface area contributed by atoms with Gasteiger partial charge in [-0.05, 0) is 215 Å². The van der Waals surface area contributed by atoms with Crippen molar-refractivity contribution >= 4 is 179 Å². The van der Waals surface area contributed by atoms with Crippen molar-refractivity contribution in [2.24, 2.45) is 34.6 Å². The molecule has 10 aliphatic rings. The molecule has 30 nitrogen and oxygen atoms in total. The van der Waals surface area contributed by atoms with E-state index in [1.165, 1.54) is 132 Å². The molecule has 0 radical (unpaired) electrons. The highest BCUT2D eigenvalue weighted by molar-refractivity contribution is 9.12. The predicted molar refractivity (Wildman–Crippen MR) is 510 cm³/mol. The SMILES string of the molecule is BrC1=CCN=C1.COC(=O)C(Br)CC1CCOCC1.COC(=O)C(CC1CCOCC1)n1cc(Br)cn1.COC(=O)C(CC1CCOCC1)n1cc(S(=O)(=O)C2CCCC2)cn1.COC(=O)C(CC1CCOCC1)n1cc(SC2CCCC2)cn1.Nc1ncc(Cl)s1.O=C(Cc1ncc(Cl)s1)C(CC1CCOCC1)n1cc(S(=O)(=O)C2CCCC2)cn1.SC1CCCC1. The van der Waals surface area contributed by atoms with Gasteiger partial charge in [0.2, 0.25) is 0 Å². The normalized spacial score (nSPS) is 20.0. The van der Waals surface area contributed by atoms with Crippen LogP contribution in [0, 0.1) is 29.6 Å². The first-order chi connectivity index (χ1) is 61.7. The van der Waals surface area contributed by atoms with Crippen LogP contribution in [0.5, 0.6) is 0 Å². The van der Waals surface area contributed by atoms with Crippen molar-refractivity contribution < 1.29 is 83.4 Å². The summed E-state index contributed by atoms with van der Waals surface area (Å²) in [6.07, 6.45) is 50.9. The van der Waals surface area contributed by atoms with E-state index in [1.807, 2.05) is 30.2 Å². The molecule has 0 amide bonds. The second kappa shape index (κ2) is 57.2. The largest absolute Gasteiger partial charge is 0.468 e. The topological polar surface area (TPSA) is 372 Å². The first-order valence-electron chi connectivity index (χ1n) is 44.6. The number of allylic oxidation sites excluding steroid dienone is 1. The molecule has 6 aliphatic heterocycles. The fraction of sp³-hybridized carbons (Fsp3) is 0.701. The third kappa shape index (κ3) is 36.2. The van der Waals surface area contributed by atoms with Crippen molar-refractivity contribution in [3.63, 3.8) is 0 Å². The number of thiol groups is 1. The molecule has 9 fully saturated rings. The summed E-state index contributed by atoms with van der Waals surface area (Å²) < 4.78 is 107. The summed E-state index contributed by atoms with van der Waals surface area (Å²) in [4.78, 5) is 73.8. The Bertz CT molecular complexity index is 4560. The molecule has 6 aromatic rings. The van der Waals surface area contributed by atoms with Gasteiger partial charge in [-0.25, -0.2) is 41.2 Å². The monoisotopic (exact) mass is 2130 g/mol. The zero-order valence-corrected chi connectivity index (χ0v) is 84.9. The van der Waals surface area contributed by atoms with E-state index in [2.05, 4.69) is 101 Å². The molecule has 0 aromatic carbocycles. The van der Waals surface area contributed by atoms with Crippen LogP contribution in [-0.4, -0.2) is 229 Å². The molecule has 41 heteroatoms. The number of nitrogens with zero attached hydrogens (tertiary/aromatic N) is 11. The van der Waals surface area contributed by atoms with E-state index in [0.29, 0.717) is 119 Å². The van der Waals surface area contributed by atoms with E-state index < -0.39 is 31.8 Å². The van der Waals surface area contributed by atoms with Gasteiger partial charge in [-0.2, -0.15) is 33.0 Å². The van der Waals surface area contributed by atoms with Gasteiger partial charge < -0.3 is 48.4 Å². The zero-order chi connectivity index (χ0) is 91.8. The zero-order valence-electron chi connectivity index (χ0n) is 73.6. The molecule has 6 aromatic heterocycles. The molecule has 4 saturated carbocycles. The number of nitrogens with two attached hydrogens (primary N) is 1. The number of rotatable bonds is 27. The highest BCUT2D eigenvalue weighted by Gasteiger charge is 2.38. The molecule has 0 spiro atoms. The molecule has 5 unspecified atom stereocenters. The van der Waals surface area contributed by atoms with Crippen LogP contribution in [-0.2, 0) is 92.7 Å². The maximum absolute atomic E-state index is 13.2. The highest BCUT2D eigenvalue weighted by atomic mass is 79.9. The van der Waals surface area contributed by atoms with Gasteiger partial charge in [0.05, 0.1) is 93.6 Å². The van der Waals surface area contributed by atoms with Crippen LogP contribution >= 0.6 is 118 Å². The van der Waals surface area contributed by atoms with E-state index in [9.17, 15) is 40.8 Å². The number of carbonyl (C=O) groups is 5. The van der Waals surface area contributed by atoms with Gasteiger partial charge in [0, 0.05) is 117 Å². The predicted octanol–water partition coefficient (Wildman–Crippen LogP) is 18.0. The Hall–Kier alpha value is -4.72. The van der Waals surface area contributed by atoms with Gasteiger partial charge in [0.25, 0.3) is 0 Å². The number of thioether (sulfide) groups is 1. The van der Waals surface area contributed by atoms with Crippen molar-refractivity contribution in [1.29, 1.82) is 0 Å². The quantitative estimate of drug-likeness (QED) is 0.0209. The lowest BCUT2D eigenvalue weighted by Gasteiger charge is -2.26. The fourth-order valence-electron chi connectivity index (χ4n) is 16.9. The second-order valence-corrected chi connectivity index (χ2v) is 46.3. The number of aliphatic imine (C=N–C) groups is 1. The summed E-state index contributed by atoms with van der Waals surface area (Å²) >= 11 is 30.1. The van der Waals surface area contributed by atoms with Gasteiger partial charge in [0.1, 0.15) is 52.5 Å². The average Bonchev–Trinajstić information content (AvgIpc) is 1.65. The number of Topliss-reactive ketones (excluding diaryl/α,β-unsaturated/α-hetero) is 1. The molecule has 12 heterocycles. The summed E-state index contributed by atoms with van der Waals surface area (Å²) in [7, 11) is -1.15. The Kier molecular flexibility index (Phi) is 47.8. The van der Waals surface area contributed by atoms with Crippen LogP contribution in [0.4, 0.5) is 5.13 Å². The van der Waals surface area contributed by atoms with E-state index in [4.69, 9.17) is 66.8 Å². The summed E-state index contributed by atoms with van der Waals surface area (Å²) in [6, 6.07) is -1.78. The van der Waals surface area contributed by atoms with E-state index >= 15 is 0 Å². The minimum Gasteiger partial charge on any atom is -0.468 e. The minimum atomic E-state index is -3.41. The lowest BCUT2D eigenvalue weighted by Crippen LogP contribution is -2.27. The number of anilines is 1. The number of nitrogen functional groups attached to an aromatic ring is 1. The van der Waals surface area contributed by atoms with Gasteiger partial charge in [-0.3, -0.25) is 33.3 Å². The van der Waals surface area contributed by atoms with E-state index in [0.717, 1.165) is 174 Å². The van der Waals surface area contributed by atoms with Crippen molar-refractivity contribution in [1.82, 2.24) is 49.1 Å². The number of ketones is 1. The van der Waals surface area contributed by atoms with Gasteiger partial charge >= 0.3 is 23.9 Å². The van der Waals surface area contributed by atoms with Gasteiger partial charge in [-0.15, -0.1) is 23.1 Å². The van der Waals surface area contributed by atoms with Crippen LogP contribution < -0.4 is 5.73 Å². The van der Waals surface area contributed by atoms with Gasteiger partial charge in [0.15, 0.2) is 30.6 Å². The summed E-state index contributed by atoms with van der Waals surface area (Å²) in [5, 5.41) is 19.1. The maximum atomic E-state index is 13.2. The second-order valence-electron chi connectivity index (χ2n) is 33.3. The fourth-order valence-corrected chi connectivity index (χ4v) is 25.0. The van der Waals surface area contributed by atoms with Crippen LogP contribution in [0.2, 0.25) is 8.67 Å². The number of halogens is 5. The number of methoxy groups -OCH3 is 4. The lowest BCUT2D eigenvalue weighted by atomic mass is 9.90. The average molecular weight is 2130 g/mol. The molecular weight excluding hydrogens is 2000 g/mol. The number of hydrogen-bond acceptors (Lipinski definition) is 30. The molecule has 5 saturated heterocycles. The number of hydrogen-bond donors (Lipinski definition) is 2. The standard InChI is InChI=1S/C20H26ClN3O4S2.C17H26N2O5S.C17H26N2O3S.C12H17BrN2O3.C9H15BrO3.C5H10S.C4H4BrN.C3H3ClN2S/c21-19-12-22-20(29-19)10-18(25)17(9-14-5-7-28-8-6-14)24-13-16(11-23-24)30(26,27)15-3-1-2-4-15;1-23-17(20)16(10-13-6-8-24-9-7-13)19-12-15(11-18-19)25(21,22)14-4-2-3-5-14;1-21-17(20)16(10-13-6-8-22-9-7-13)19-12-15(11-18-19)23-14-4-2-3-5-14;1-17-12(16)11(15-8-10(13)7-14-15)6-9-2-4-18-5-3-9;1-12-9(11)8(10)6-7-2-4-13-5-3-7;6-5-3-1-2-4-5;5-4-1-2-6-3-4;4-2-1-6-3(5)7-2/h11-15,17H,1-10H2;11-14,16H,2-10H2,1H3;11-14,16H,2-10H2,1H3;7-9,11H,2-6H2,1H3;7-8H,2-6H2,1H3;5-6H,1-4H2;1,3H,2H2;1H,(H2,5,6). The Morgan fingerprint density at radius 2 is 0.852 bits per heavy atom. The van der Waals surface area contributed by atoms with Crippen LogP contribution in [0.15, 0.2) is 96.7 Å². The number of aromatic nitrogens is 10. The molecular formula is C87H127Br3Cl2N12O18S6. The smallest absolute Gasteiger partial charge is 0.330 e. The number of esters is 4. The third-order valence-electron chi connectivity index (χ3n) is 24.3. The van der Waals surface area contributed by atoms with Gasteiger partial charge in [-0.1, -0.05) is 102 Å². The Labute approximate surface area is 806 Å². The van der Waals surface area contributed by atoms with E-state index in [-0.39, 0.29) is 73.3 Å². The van der Waals surface area contributed by atoms with Crippen molar-refractivity contribution in [3.05, 3.63) is 90.7 Å². The van der Waals surface area contributed by atoms with E-state index in [1.54, 1.807) is 45.0 Å². The minimum absolute atomic E-state index is 0.0274. The summed E-state index contributed by atoms with van der Waals surface area (Å²) in [5.41, 5.74) is 5.20. The Morgan fingerprint density at radius 3 is 1.19 bits per heavy atom. The number of carbonyl (C=O) groups excluding carboxylic acids is 5. The summed E-state index contributed by atoms with van der Waals surface area (Å²) in [6.45, 7) is 8.40. The first kappa shape index (κ1) is 107. The summed E-state index contributed by atoms with van der Waals surface area (Å²) in [5.74, 6) is 1.25. The first-order valence-corrected chi connectivity index (χ1v) is 54.0. The Balaban J connectivity index is 0.000000174. The molecule has 2 N–H and O–H groups in total. The molecule has 4 aliphatic carbocycles. The number of alkyl halides is 1. The molecule has 5 atom stereocenters. The van der Waals surface area contributed by atoms with Crippen LogP contribution in [0.3, 0.4) is 0 Å². The van der Waals surface area contributed by atoms with Crippen LogP contribution in [0.25, 0.3) is 0 Å².